The van der Waals surface area contributed by atoms with E-state index < -0.39 is 5.82 Å². The maximum Gasteiger partial charge on any atom is 0.316 e. The Bertz CT molecular complexity index is 1550. The van der Waals surface area contributed by atoms with Crippen LogP contribution in [0.5, 0.6) is 11.6 Å². The molecule has 208 valence electrons. The molecule has 1 aliphatic rings. The van der Waals surface area contributed by atoms with Crippen LogP contribution in [-0.4, -0.2) is 58.5 Å². The fourth-order valence-electron chi connectivity index (χ4n) is 4.64. The van der Waals surface area contributed by atoms with Crippen molar-refractivity contribution in [2.24, 2.45) is 5.92 Å². The Morgan fingerprint density at radius 3 is 2.73 bits per heavy atom. The number of benzene rings is 2. The summed E-state index contributed by atoms with van der Waals surface area (Å²) in [6.45, 7) is 3.08. The molecular formula is C30H33FN6O3. The molecule has 9 nitrogen and oxygen atoms in total. The van der Waals surface area contributed by atoms with Crippen LogP contribution in [0, 0.1) is 18.7 Å². The van der Waals surface area contributed by atoms with Crippen molar-refractivity contribution < 1.29 is 18.7 Å². The van der Waals surface area contributed by atoms with Crippen molar-refractivity contribution in [3.8, 4) is 22.9 Å². The SMILES string of the molecule is CNC(=O)N(C)CCCNc1cc(Oc2cccc(F)c2)nn2c(-c3ccc(C(=O)CC4CC4)c(C)c3)cnc12. The van der Waals surface area contributed by atoms with E-state index in [1.807, 2.05) is 25.1 Å². The van der Waals surface area contributed by atoms with Crippen LogP contribution >= 0.6 is 0 Å². The van der Waals surface area contributed by atoms with Gasteiger partial charge in [0.05, 0.1) is 17.6 Å². The van der Waals surface area contributed by atoms with Gasteiger partial charge in [0.25, 0.3) is 0 Å². The number of aromatic nitrogens is 3. The molecule has 40 heavy (non-hydrogen) atoms. The summed E-state index contributed by atoms with van der Waals surface area (Å²) in [6, 6.07) is 13.2. The van der Waals surface area contributed by atoms with Crippen LogP contribution in [0.3, 0.4) is 0 Å². The number of ether oxygens (including phenoxy) is 1. The molecule has 1 fully saturated rings. The number of anilines is 1. The summed E-state index contributed by atoms with van der Waals surface area (Å²) in [6.07, 6.45) is 5.31. The lowest BCUT2D eigenvalue weighted by Gasteiger charge is -2.17. The van der Waals surface area contributed by atoms with Crippen LogP contribution in [0.2, 0.25) is 0 Å². The van der Waals surface area contributed by atoms with Gasteiger partial charge in [-0.3, -0.25) is 4.79 Å². The smallest absolute Gasteiger partial charge is 0.316 e. The highest BCUT2D eigenvalue weighted by Gasteiger charge is 2.25. The quantitative estimate of drug-likeness (QED) is 0.186. The number of aryl methyl sites for hydroxylation is 1. The van der Waals surface area contributed by atoms with Crippen molar-refractivity contribution in [1.82, 2.24) is 24.8 Å². The second-order valence-electron chi connectivity index (χ2n) is 10.2. The number of halogens is 1. The lowest BCUT2D eigenvalue weighted by molar-refractivity contribution is 0.0975. The molecule has 4 aromatic rings. The van der Waals surface area contributed by atoms with Gasteiger partial charge in [-0.2, -0.15) is 0 Å². The number of amides is 2. The van der Waals surface area contributed by atoms with Gasteiger partial charge in [-0.05, 0) is 55.9 Å². The first-order valence-corrected chi connectivity index (χ1v) is 13.5. The maximum atomic E-state index is 13.8. The molecule has 0 atom stereocenters. The fraction of sp³-hybridized carbons (Fsp3) is 0.333. The molecule has 1 saturated carbocycles. The van der Waals surface area contributed by atoms with Gasteiger partial charge in [-0.25, -0.2) is 18.7 Å². The van der Waals surface area contributed by atoms with Gasteiger partial charge >= 0.3 is 6.03 Å². The molecule has 2 amide bonds. The van der Waals surface area contributed by atoms with Gasteiger partial charge in [0.2, 0.25) is 5.88 Å². The third-order valence-corrected chi connectivity index (χ3v) is 7.00. The predicted octanol–water partition coefficient (Wildman–Crippen LogP) is 5.69. The number of hydrogen-bond donors (Lipinski definition) is 2. The van der Waals surface area contributed by atoms with Gasteiger partial charge < -0.3 is 20.3 Å². The minimum Gasteiger partial charge on any atom is -0.437 e. The first-order valence-electron chi connectivity index (χ1n) is 13.5. The lowest BCUT2D eigenvalue weighted by atomic mass is 9.98. The van der Waals surface area contributed by atoms with Crippen LogP contribution in [0.15, 0.2) is 54.7 Å². The zero-order valence-corrected chi connectivity index (χ0v) is 22.9. The molecule has 0 radical (unpaired) electrons. The molecule has 0 bridgehead atoms. The number of rotatable bonds is 11. The van der Waals surface area contributed by atoms with Gasteiger partial charge in [-0.1, -0.05) is 18.2 Å². The lowest BCUT2D eigenvalue weighted by Crippen LogP contribution is -2.36. The van der Waals surface area contributed by atoms with E-state index in [0.717, 1.165) is 35.2 Å². The Kier molecular flexibility index (Phi) is 7.95. The average Bonchev–Trinajstić information content (AvgIpc) is 3.65. The third kappa shape index (κ3) is 6.22. The van der Waals surface area contributed by atoms with Gasteiger partial charge in [0.1, 0.15) is 11.6 Å². The Morgan fingerprint density at radius 2 is 2.00 bits per heavy atom. The summed E-state index contributed by atoms with van der Waals surface area (Å²) < 4.78 is 21.4. The number of urea groups is 1. The van der Waals surface area contributed by atoms with E-state index in [4.69, 9.17) is 4.74 Å². The Morgan fingerprint density at radius 1 is 1.18 bits per heavy atom. The summed E-state index contributed by atoms with van der Waals surface area (Å²) in [5.41, 5.74) is 4.52. The molecule has 0 spiro atoms. The minimum atomic E-state index is -0.410. The molecule has 2 heterocycles. The van der Waals surface area contributed by atoms with Crippen LogP contribution < -0.4 is 15.4 Å². The summed E-state index contributed by atoms with van der Waals surface area (Å²) in [4.78, 5) is 30.7. The highest BCUT2D eigenvalue weighted by molar-refractivity contribution is 5.98. The standard InChI is InChI=1S/C30H33FN6O3/c1-19-14-21(10-11-24(19)27(38)15-20-8-9-20)26-18-34-29-25(33-12-5-13-36(3)30(39)32-2)17-28(35-37(26)29)40-23-7-4-6-22(31)16-23/h4,6-7,10-11,14,16-18,20,33H,5,8-9,12-13,15H2,1-3H3,(H,32,39). The topological polar surface area (TPSA) is 101 Å². The Balaban J connectivity index is 1.44. The number of imidazole rings is 1. The van der Waals surface area contributed by atoms with E-state index in [9.17, 15) is 14.0 Å². The highest BCUT2D eigenvalue weighted by atomic mass is 19.1. The monoisotopic (exact) mass is 544 g/mol. The van der Waals surface area contributed by atoms with E-state index in [2.05, 4.69) is 20.7 Å². The number of Topliss-reactive ketones (excluding diaryl/α,β-unsaturated/α-hetero) is 1. The predicted molar refractivity (Wildman–Crippen MR) is 151 cm³/mol. The van der Waals surface area contributed by atoms with E-state index in [1.54, 1.807) is 47.9 Å². The Labute approximate surface area is 232 Å². The number of hydrogen-bond acceptors (Lipinski definition) is 6. The number of ketones is 1. The van der Waals surface area contributed by atoms with Gasteiger partial charge in [-0.15, -0.1) is 5.10 Å². The molecule has 0 aliphatic heterocycles. The van der Waals surface area contributed by atoms with E-state index in [1.165, 1.54) is 12.1 Å². The zero-order valence-electron chi connectivity index (χ0n) is 22.9. The van der Waals surface area contributed by atoms with Gasteiger partial charge in [0.15, 0.2) is 11.4 Å². The molecule has 10 heteroatoms. The minimum absolute atomic E-state index is 0.148. The summed E-state index contributed by atoms with van der Waals surface area (Å²) in [5, 5.41) is 10.7. The first kappa shape index (κ1) is 27.1. The van der Waals surface area contributed by atoms with Crippen molar-refractivity contribution >= 4 is 23.1 Å². The summed E-state index contributed by atoms with van der Waals surface area (Å²) in [7, 11) is 3.34. The number of carbonyl (C=O) groups excluding carboxylic acids is 2. The molecule has 0 unspecified atom stereocenters. The largest absolute Gasteiger partial charge is 0.437 e. The first-order chi connectivity index (χ1) is 19.3. The number of carbonyl (C=O) groups is 2. The van der Waals surface area contributed by atoms with E-state index in [0.29, 0.717) is 48.9 Å². The Hall–Kier alpha value is -4.47. The summed E-state index contributed by atoms with van der Waals surface area (Å²) in [5.74, 6) is 0.881. The van der Waals surface area contributed by atoms with Crippen LogP contribution in [0.4, 0.5) is 14.9 Å². The van der Waals surface area contributed by atoms with Crippen molar-refractivity contribution in [2.45, 2.75) is 32.6 Å². The number of nitrogens with zero attached hydrogens (tertiary/aromatic N) is 4. The van der Waals surface area contributed by atoms with E-state index >= 15 is 0 Å². The molecule has 1 aliphatic carbocycles. The van der Waals surface area contributed by atoms with E-state index in [-0.39, 0.29) is 17.7 Å². The van der Waals surface area contributed by atoms with Crippen LogP contribution in [0.1, 0.15) is 41.6 Å². The highest BCUT2D eigenvalue weighted by Crippen LogP contribution is 2.35. The normalized spacial score (nSPS) is 12.8. The third-order valence-electron chi connectivity index (χ3n) is 7.00. The summed E-state index contributed by atoms with van der Waals surface area (Å²) >= 11 is 0. The van der Waals surface area contributed by atoms with Crippen molar-refractivity contribution in [2.75, 3.05) is 32.5 Å². The van der Waals surface area contributed by atoms with Crippen molar-refractivity contribution in [1.29, 1.82) is 0 Å². The molecule has 2 aromatic carbocycles. The molecule has 5 rings (SSSR count). The second-order valence-corrected chi connectivity index (χ2v) is 10.2. The second kappa shape index (κ2) is 11.7. The average molecular weight is 545 g/mol. The number of fused-ring (bicyclic) bond motifs is 1. The zero-order chi connectivity index (χ0) is 28.2. The molecule has 2 aromatic heterocycles. The maximum absolute atomic E-state index is 13.8. The van der Waals surface area contributed by atoms with Crippen molar-refractivity contribution in [3.05, 3.63) is 71.7 Å². The van der Waals surface area contributed by atoms with Gasteiger partial charge in [0, 0.05) is 56.9 Å². The van der Waals surface area contributed by atoms with Crippen molar-refractivity contribution in [3.63, 3.8) is 0 Å². The molecular weight excluding hydrogens is 511 g/mol. The van der Waals surface area contributed by atoms with Crippen LogP contribution in [0.25, 0.3) is 16.9 Å². The fourth-order valence-corrected chi connectivity index (χ4v) is 4.64. The van der Waals surface area contributed by atoms with Crippen LogP contribution in [-0.2, 0) is 0 Å². The number of nitrogens with one attached hydrogen (secondary N) is 2. The molecule has 0 saturated heterocycles. The molecule has 2 N–H and O–H groups in total.